The number of carbonyl (C=O) groups is 1. The Hall–Kier alpha value is -2.73. The van der Waals surface area contributed by atoms with Crippen LogP contribution in [0, 0.1) is 0 Å². The molecule has 1 heterocycles. The SMILES string of the molecule is CC(NC(=O)CN(C)c1nc(Cc2ccccc2)ns1)c1ccccc1. The lowest BCUT2D eigenvalue weighted by atomic mass is 10.1. The molecule has 0 aliphatic rings. The lowest BCUT2D eigenvalue weighted by Gasteiger charge is -2.18. The van der Waals surface area contributed by atoms with Crippen molar-refractivity contribution in [1.29, 1.82) is 0 Å². The highest BCUT2D eigenvalue weighted by Crippen LogP contribution is 2.18. The summed E-state index contributed by atoms with van der Waals surface area (Å²) in [5, 5.41) is 3.77. The van der Waals surface area contributed by atoms with E-state index < -0.39 is 0 Å². The summed E-state index contributed by atoms with van der Waals surface area (Å²) in [6.07, 6.45) is 0.697. The second kappa shape index (κ2) is 8.58. The summed E-state index contributed by atoms with van der Waals surface area (Å²) in [7, 11) is 1.86. The van der Waals surface area contributed by atoms with Crippen LogP contribution in [-0.2, 0) is 11.2 Å². The highest BCUT2D eigenvalue weighted by atomic mass is 32.1. The maximum absolute atomic E-state index is 12.3. The van der Waals surface area contributed by atoms with Crippen molar-refractivity contribution in [2.24, 2.45) is 0 Å². The number of hydrogen-bond donors (Lipinski definition) is 1. The minimum absolute atomic E-state index is 0.0276. The topological polar surface area (TPSA) is 58.1 Å². The zero-order chi connectivity index (χ0) is 18.4. The first-order valence-electron chi connectivity index (χ1n) is 8.54. The molecular formula is C20H22N4OS. The van der Waals surface area contributed by atoms with Gasteiger partial charge in [0.1, 0.15) is 5.82 Å². The van der Waals surface area contributed by atoms with Gasteiger partial charge in [-0.3, -0.25) is 4.79 Å². The normalized spacial score (nSPS) is 11.8. The largest absolute Gasteiger partial charge is 0.348 e. The Morgan fingerprint density at radius 2 is 1.77 bits per heavy atom. The number of carbonyl (C=O) groups excluding carboxylic acids is 1. The number of amides is 1. The Kier molecular flexibility index (Phi) is 5.96. The third-order valence-electron chi connectivity index (χ3n) is 4.05. The average molecular weight is 366 g/mol. The van der Waals surface area contributed by atoms with E-state index in [9.17, 15) is 4.79 Å². The Morgan fingerprint density at radius 1 is 1.12 bits per heavy atom. The smallest absolute Gasteiger partial charge is 0.240 e. The molecular weight excluding hydrogens is 344 g/mol. The van der Waals surface area contributed by atoms with Gasteiger partial charge in [-0.2, -0.15) is 4.37 Å². The summed E-state index contributed by atoms with van der Waals surface area (Å²) in [6.45, 7) is 2.23. The van der Waals surface area contributed by atoms with Crippen LogP contribution in [0.3, 0.4) is 0 Å². The second-order valence-electron chi connectivity index (χ2n) is 6.21. The Labute approximate surface area is 157 Å². The van der Waals surface area contributed by atoms with Crippen LogP contribution in [0.15, 0.2) is 60.7 Å². The van der Waals surface area contributed by atoms with Crippen molar-refractivity contribution >= 4 is 22.6 Å². The summed E-state index contributed by atoms with van der Waals surface area (Å²) < 4.78 is 4.41. The molecule has 0 fully saturated rings. The quantitative estimate of drug-likeness (QED) is 0.696. The highest BCUT2D eigenvalue weighted by Gasteiger charge is 2.15. The van der Waals surface area contributed by atoms with Gasteiger partial charge in [-0.1, -0.05) is 60.7 Å². The number of aromatic nitrogens is 2. The van der Waals surface area contributed by atoms with E-state index in [4.69, 9.17) is 0 Å². The van der Waals surface area contributed by atoms with Crippen LogP contribution >= 0.6 is 11.5 Å². The molecule has 0 saturated heterocycles. The van der Waals surface area contributed by atoms with Gasteiger partial charge in [0.25, 0.3) is 0 Å². The molecule has 5 nitrogen and oxygen atoms in total. The van der Waals surface area contributed by atoms with Crippen LogP contribution in [0.2, 0.25) is 0 Å². The lowest BCUT2D eigenvalue weighted by Crippen LogP contribution is -2.36. The Morgan fingerprint density at radius 3 is 2.46 bits per heavy atom. The first-order chi connectivity index (χ1) is 12.6. The molecule has 6 heteroatoms. The molecule has 2 aromatic carbocycles. The number of hydrogen-bond acceptors (Lipinski definition) is 5. The monoisotopic (exact) mass is 366 g/mol. The molecule has 1 unspecified atom stereocenters. The predicted molar refractivity (Wildman–Crippen MR) is 105 cm³/mol. The van der Waals surface area contributed by atoms with E-state index in [1.807, 2.05) is 67.4 Å². The highest BCUT2D eigenvalue weighted by molar-refractivity contribution is 7.09. The zero-order valence-corrected chi connectivity index (χ0v) is 15.7. The van der Waals surface area contributed by atoms with Gasteiger partial charge in [0.05, 0.1) is 12.6 Å². The van der Waals surface area contributed by atoms with Gasteiger partial charge in [0.2, 0.25) is 11.0 Å². The van der Waals surface area contributed by atoms with Crippen LogP contribution in [0.4, 0.5) is 5.13 Å². The minimum atomic E-state index is -0.0383. The standard InChI is InChI=1S/C20H22N4OS/c1-15(17-11-7-4-8-12-17)21-19(25)14-24(2)20-22-18(23-26-20)13-16-9-5-3-6-10-16/h3-12,15H,13-14H2,1-2H3,(H,21,25). The van der Waals surface area contributed by atoms with Crippen molar-refractivity contribution in [2.75, 3.05) is 18.5 Å². The summed E-state index contributed by atoms with van der Waals surface area (Å²) in [6, 6.07) is 20.0. The van der Waals surface area contributed by atoms with E-state index in [0.29, 0.717) is 6.42 Å². The molecule has 1 aromatic heterocycles. The summed E-state index contributed by atoms with van der Waals surface area (Å²) in [5.74, 6) is 0.741. The number of benzene rings is 2. The van der Waals surface area contributed by atoms with Gasteiger partial charge in [-0.25, -0.2) is 4.98 Å². The molecule has 0 bridgehead atoms. The summed E-state index contributed by atoms with van der Waals surface area (Å²) in [5.41, 5.74) is 2.26. The third kappa shape index (κ3) is 4.89. The fourth-order valence-electron chi connectivity index (χ4n) is 2.65. The number of likely N-dealkylation sites (N-methyl/N-ethyl adjacent to an activating group) is 1. The maximum atomic E-state index is 12.3. The molecule has 0 radical (unpaired) electrons. The predicted octanol–water partition coefficient (Wildman–Crippen LogP) is 3.44. The molecule has 0 aliphatic heterocycles. The average Bonchev–Trinajstić information content (AvgIpc) is 3.12. The fourth-order valence-corrected chi connectivity index (χ4v) is 3.29. The van der Waals surface area contributed by atoms with Crippen molar-refractivity contribution in [3.05, 3.63) is 77.6 Å². The van der Waals surface area contributed by atoms with Crippen LogP contribution in [0.25, 0.3) is 0 Å². The zero-order valence-electron chi connectivity index (χ0n) is 14.9. The van der Waals surface area contributed by atoms with E-state index >= 15 is 0 Å². The van der Waals surface area contributed by atoms with Crippen LogP contribution in [0.1, 0.15) is 29.9 Å². The first-order valence-corrected chi connectivity index (χ1v) is 9.31. The van der Waals surface area contributed by atoms with Crippen LogP contribution in [-0.4, -0.2) is 28.9 Å². The van der Waals surface area contributed by atoms with Gasteiger partial charge in [-0.15, -0.1) is 0 Å². The van der Waals surface area contributed by atoms with Crippen molar-refractivity contribution in [3.8, 4) is 0 Å². The number of nitrogens with zero attached hydrogens (tertiary/aromatic N) is 3. The number of anilines is 1. The first kappa shape index (κ1) is 18.1. The number of nitrogens with one attached hydrogen (secondary N) is 1. The second-order valence-corrected chi connectivity index (χ2v) is 6.94. The third-order valence-corrected chi connectivity index (χ3v) is 4.92. The molecule has 0 saturated carbocycles. The van der Waals surface area contributed by atoms with Crippen molar-refractivity contribution in [1.82, 2.24) is 14.7 Å². The molecule has 1 amide bonds. The van der Waals surface area contributed by atoms with E-state index in [1.165, 1.54) is 17.1 Å². The maximum Gasteiger partial charge on any atom is 0.240 e. The Bertz CT molecular complexity index is 835. The fraction of sp³-hybridized carbons (Fsp3) is 0.250. The molecule has 1 N–H and O–H groups in total. The van der Waals surface area contributed by atoms with Gasteiger partial charge in [-0.05, 0) is 18.1 Å². The molecule has 0 spiro atoms. The van der Waals surface area contributed by atoms with Crippen molar-refractivity contribution < 1.29 is 4.79 Å². The van der Waals surface area contributed by atoms with E-state index in [-0.39, 0.29) is 18.5 Å². The molecule has 26 heavy (non-hydrogen) atoms. The summed E-state index contributed by atoms with van der Waals surface area (Å²) in [4.78, 5) is 18.7. The summed E-state index contributed by atoms with van der Waals surface area (Å²) >= 11 is 1.32. The lowest BCUT2D eigenvalue weighted by molar-refractivity contribution is -0.120. The molecule has 134 valence electrons. The van der Waals surface area contributed by atoms with Crippen molar-refractivity contribution in [2.45, 2.75) is 19.4 Å². The molecule has 3 rings (SSSR count). The molecule has 0 aliphatic carbocycles. The van der Waals surface area contributed by atoms with Gasteiger partial charge in [0, 0.05) is 25.0 Å². The molecule has 1 atom stereocenters. The van der Waals surface area contributed by atoms with Crippen LogP contribution < -0.4 is 10.2 Å². The molecule has 3 aromatic rings. The van der Waals surface area contributed by atoms with E-state index in [1.54, 1.807) is 0 Å². The van der Waals surface area contributed by atoms with Gasteiger partial charge in [0.15, 0.2) is 0 Å². The van der Waals surface area contributed by atoms with E-state index in [0.717, 1.165) is 16.5 Å². The van der Waals surface area contributed by atoms with E-state index in [2.05, 4.69) is 26.8 Å². The Balaban J connectivity index is 1.54. The van der Waals surface area contributed by atoms with Gasteiger partial charge < -0.3 is 10.2 Å². The minimum Gasteiger partial charge on any atom is -0.348 e. The van der Waals surface area contributed by atoms with Crippen molar-refractivity contribution in [3.63, 3.8) is 0 Å². The number of rotatable bonds is 7. The van der Waals surface area contributed by atoms with Crippen LogP contribution in [0.5, 0.6) is 0 Å². The van der Waals surface area contributed by atoms with Gasteiger partial charge >= 0.3 is 0 Å².